The van der Waals surface area contributed by atoms with E-state index in [1.807, 2.05) is 0 Å². The molecule has 0 spiro atoms. The van der Waals surface area contributed by atoms with E-state index in [-0.39, 0.29) is 17.5 Å². The van der Waals surface area contributed by atoms with Crippen molar-refractivity contribution in [3.63, 3.8) is 0 Å². The number of aliphatic imine (C=N–C) groups is 2. The zero-order valence-electron chi connectivity index (χ0n) is 9.21. The Labute approximate surface area is 97.7 Å². The van der Waals surface area contributed by atoms with Crippen molar-refractivity contribution in [3.05, 3.63) is 29.3 Å². The standard InChI is InChI=1S/C10H13N5O2/c1-5-6(8(16)17)3-2-4-7(5)14-10(13)15-9(11)12/h2-4H,1H3,(H,16,17)(H6,11,12,13,14,15). The van der Waals surface area contributed by atoms with E-state index in [4.69, 9.17) is 22.3 Å². The van der Waals surface area contributed by atoms with Gasteiger partial charge in [-0.15, -0.1) is 0 Å². The Morgan fingerprint density at radius 3 is 2.47 bits per heavy atom. The molecule has 0 radical (unpaired) electrons. The molecule has 90 valence electrons. The van der Waals surface area contributed by atoms with Crippen LogP contribution in [0.5, 0.6) is 0 Å². The summed E-state index contributed by atoms with van der Waals surface area (Å²) in [6.07, 6.45) is 0. The molecule has 0 bridgehead atoms. The molecule has 0 saturated heterocycles. The molecule has 7 N–H and O–H groups in total. The lowest BCUT2D eigenvalue weighted by molar-refractivity contribution is 0.0696. The molecular formula is C10H13N5O2. The van der Waals surface area contributed by atoms with Gasteiger partial charge >= 0.3 is 5.97 Å². The van der Waals surface area contributed by atoms with Crippen molar-refractivity contribution < 1.29 is 9.90 Å². The van der Waals surface area contributed by atoms with Crippen LogP contribution in [0, 0.1) is 6.92 Å². The molecule has 17 heavy (non-hydrogen) atoms. The second kappa shape index (κ2) is 4.97. The van der Waals surface area contributed by atoms with Crippen LogP contribution in [-0.2, 0) is 0 Å². The Morgan fingerprint density at radius 1 is 1.29 bits per heavy atom. The van der Waals surface area contributed by atoms with Gasteiger partial charge in [0.05, 0.1) is 11.3 Å². The van der Waals surface area contributed by atoms with Gasteiger partial charge in [0.1, 0.15) is 0 Å². The maximum Gasteiger partial charge on any atom is 0.336 e. The summed E-state index contributed by atoms with van der Waals surface area (Å²) in [4.78, 5) is 18.4. The number of hydrogen-bond donors (Lipinski definition) is 4. The van der Waals surface area contributed by atoms with Crippen LogP contribution in [0.3, 0.4) is 0 Å². The van der Waals surface area contributed by atoms with Crippen molar-refractivity contribution in [3.8, 4) is 0 Å². The van der Waals surface area contributed by atoms with Gasteiger partial charge in [-0.3, -0.25) is 0 Å². The monoisotopic (exact) mass is 235 g/mol. The minimum atomic E-state index is -1.03. The Bertz CT molecular complexity index is 503. The summed E-state index contributed by atoms with van der Waals surface area (Å²) in [5.74, 6) is -1.37. The Kier molecular flexibility index (Phi) is 3.66. The van der Waals surface area contributed by atoms with E-state index in [0.717, 1.165) is 0 Å². The lowest BCUT2D eigenvalue weighted by Crippen LogP contribution is -2.26. The smallest absolute Gasteiger partial charge is 0.336 e. The minimum absolute atomic E-state index is 0.129. The van der Waals surface area contributed by atoms with Crippen LogP contribution in [0.2, 0.25) is 0 Å². The average Bonchev–Trinajstić information content (AvgIpc) is 2.19. The molecule has 1 rings (SSSR count). The highest BCUT2D eigenvalue weighted by Gasteiger charge is 2.09. The quantitative estimate of drug-likeness (QED) is 0.419. The van der Waals surface area contributed by atoms with Crippen LogP contribution < -0.4 is 17.2 Å². The van der Waals surface area contributed by atoms with Crippen molar-refractivity contribution in [2.24, 2.45) is 27.2 Å². The summed E-state index contributed by atoms with van der Waals surface area (Å²) >= 11 is 0. The van der Waals surface area contributed by atoms with E-state index < -0.39 is 5.97 Å². The van der Waals surface area contributed by atoms with Gasteiger partial charge in [0, 0.05) is 0 Å². The zero-order chi connectivity index (χ0) is 13.0. The third kappa shape index (κ3) is 3.20. The van der Waals surface area contributed by atoms with Gasteiger partial charge in [-0.05, 0) is 24.6 Å². The van der Waals surface area contributed by atoms with Crippen LogP contribution in [0.25, 0.3) is 0 Å². The Balaban J connectivity index is 3.21. The van der Waals surface area contributed by atoms with Crippen molar-refractivity contribution in [1.29, 1.82) is 0 Å². The number of guanidine groups is 2. The van der Waals surface area contributed by atoms with Gasteiger partial charge in [0.25, 0.3) is 0 Å². The molecule has 7 heteroatoms. The second-order valence-corrected chi connectivity index (χ2v) is 3.26. The van der Waals surface area contributed by atoms with Gasteiger partial charge < -0.3 is 22.3 Å². The molecule has 0 aliphatic heterocycles. The first-order valence-electron chi connectivity index (χ1n) is 4.68. The van der Waals surface area contributed by atoms with Crippen molar-refractivity contribution >= 4 is 23.6 Å². The fourth-order valence-corrected chi connectivity index (χ4v) is 1.26. The molecule has 0 aliphatic rings. The number of carbonyl (C=O) groups is 1. The number of hydrogen-bond acceptors (Lipinski definition) is 2. The largest absolute Gasteiger partial charge is 0.478 e. The summed E-state index contributed by atoms with van der Waals surface area (Å²) in [5.41, 5.74) is 16.8. The first-order chi connectivity index (χ1) is 7.91. The Hall–Kier alpha value is -2.57. The highest BCUT2D eigenvalue weighted by molar-refractivity contribution is 5.95. The fraction of sp³-hybridized carbons (Fsp3) is 0.100. The third-order valence-electron chi connectivity index (χ3n) is 2.01. The maximum absolute atomic E-state index is 10.9. The van der Waals surface area contributed by atoms with E-state index in [1.54, 1.807) is 19.1 Å². The molecule has 0 saturated carbocycles. The van der Waals surface area contributed by atoms with Gasteiger partial charge in [0.2, 0.25) is 5.96 Å². The van der Waals surface area contributed by atoms with E-state index >= 15 is 0 Å². The molecule has 0 fully saturated rings. The van der Waals surface area contributed by atoms with Crippen LogP contribution in [0.1, 0.15) is 15.9 Å². The van der Waals surface area contributed by atoms with Gasteiger partial charge in [-0.1, -0.05) is 6.07 Å². The third-order valence-corrected chi connectivity index (χ3v) is 2.01. The number of rotatable bonds is 2. The van der Waals surface area contributed by atoms with E-state index in [0.29, 0.717) is 11.3 Å². The van der Waals surface area contributed by atoms with Crippen LogP contribution in [0.4, 0.5) is 5.69 Å². The zero-order valence-corrected chi connectivity index (χ0v) is 9.21. The van der Waals surface area contributed by atoms with Gasteiger partial charge in [-0.2, -0.15) is 4.99 Å². The van der Waals surface area contributed by atoms with E-state index in [2.05, 4.69) is 9.98 Å². The van der Waals surface area contributed by atoms with Crippen LogP contribution in [0.15, 0.2) is 28.2 Å². The SMILES string of the molecule is Cc1c(N=C(N)N=C(N)N)cccc1C(=O)O. The summed E-state index contributed by atoms with van der Waals surface area (Å²) in [7, 11) is 0. The lowest BCUT2D eigenvalue weighted by Gasteiger charge is -2.04. The average molecular weight is 235 g/mol. The van der Waals surface area contributed by atoms with Crippen LogP contribution in [-0.4, -0.2) is 23.0 Å². The number of carboxylic acids is 1. The number of aromatic carboxylic acids is 1. The Morgan fingerprint density at radius 2 is 1.94 bits per heavy atom. The van der Waals surface area contributed by atoms with Crippen molar-refractivity contribution in [1.82, 2.24) is 0 Å². The van der Waals surface area contributed by atoms with Crippen molar-refractivity contribution in [2.45, 2.75) is 6.92 Å². The highest BCUT2D eigenvalue weighted by Crippen LogP contribution is 2.21. The lowest BCUT2D eigenvalue weighted by atomic mass is 10.1. The molecule has 0 unspecified atom stereocenters. The molecule has 0 heterocycles. The van der Waals surface area contributed by atoms with Gasteiger partial charge in [-0.25, -0.2) is 9.79 Å². The molecule has 0 atom stereocenters. The summed E-state index contributed by atoms with van der Waals surface area (Å²) in [6, 6.07) is 4.67. The number of benzene rings is 1. The first-order valence-corrected chi connectivity index (χ1v) is 4.68. The van der Waals surface area contributed by atoms with Crippen LogP contribution >= 0.6 is 0 Å². The maximum atomic E-state index is 10.9. The first kappa shape index (κ1) is 12.5. The predicted molar refractivity (Wildman–Crippen MR) is 65.2 cm³/mol. The number of nitrogens with zero attached hydrogens (tertiary/aromatic N) is 2. The number of nitrogens with two attached hydrogens (primary N) is 3. The number of carboxylic acid groups (broad SMARTS) is 1. The topological polar surface area (TPSA) is 140 Å². The summed E-state index contributed by atoms with van der Waals surface area (Å²) in [6.45, 7) is 1.63. The van der Waals surface area contributed by atoms with Gasteiger partial charge in [0.15, 0.2) is 5.96 Å². The molecule has 0 amide bonds. The molecule has 0 aromatic heterocycles. The second-order valence-electron chi connectivity index (χ2n) is 3.26. The molecule has 1 aromatic rings. The van der Waals surface area contributed by atoms with Crippen molar-refractivity contribution in [2.75, 3.05) is 0 Å². The minimum Gasteiger partial charge on any atom is -0.478 e. The molecule has 1 aromatic carbocycles. The molecule has 0 aliphatic carbocycles. The normalized spacial score (nSPS) is 11.0. The fourth-order valence-electron chi connectivity index (χ4n) is 1.26. The van der Waals surface area contributed by atoms with E-state index in [1.165, 1.54) is 6.07 Å². The summed E-state index contributed by atoms with van der Waals surface area (Å²) < 4.78 is 0. The molecule has 7 nitrogen and oxygen atoms in total. The highest BCUT2D eigenvalue weighted by atomic mass is 16.4. The summed E-state index contributed by atoms with van der Waals surface area (Å²) in [5, 5.41) is 8.92. The molecular weight excluding hydrogens is 222 g/mol. The predicted octanol–water partition coefficient (Wildman–Crippen LogP) is -0.0872. The van der Waals surface area contributed by atoms with E-state index in [9.17, 15) is 4.79 Å².